The van der Waals surface area contributed by atoms with Crippen molar-refractivity contribution in [2.45, 2.75) is 19.4 Å². The highest BCUT2D eigenvalue weighted by atomic mass is 16.1. The highest BCUT2D eigenvalue weighted by Gasteiger charge is 2.32. The number of carbonyl (C=O) groups is 1. The SMILES string of the molecule is Cc1cccc(NC[C@H]2CCN([C@H](C(N)=O)c3ccccc3)C2)n1. The van der Waals surface area contributed by atoms with Gasteiger partial charge in [-0.2, -0.15) is 0 Å². The molecule has 1 aliphatic heterocycles. The number of aryl methyl sites for hydroxylation is 1. The molecule has 0 spiro atoms. The molecule has 1 fully saturated rings. The lowest BCUT2D eigenvalue weighted by Gasteiger charge is -2.25. The Bertz CT molecular complexity index is 689. The Morgan fingerprint density at radius 2 is 2.08 bits per heavy atom. The number of primary amides is 1. The van der Waals surface area contributed by atoms with Crippen LogP contribution in [-0.2, 0) is 4.79 Å². The average molecular weight is 324 g/mol. The van der Waals surface area contributed by atoms with E-state index in [9.17, 15) is 4.79 Å². The second-order valence-electron chi connectivity index (χ2n) is 6.41. The molecular weight excluding hydrogens is 300 g/mol. The Kier molecular flexibility index (Phi) is 5.11. The monoisotopic (exact) mass is 324 g/mol. The van der Waals surface area contributed by atoms with Gasteiger partial charge in [-0.05, 0) is 43.5 Å². The Labute approximate surface area is 142 Å². The topological polar surface area (TPSA) is 71.2 Å². The average Bonchev–Trinajstić information content (AvgIpc) is 3.02. The predicted molar refractivity (Wildman–Crippen MR) is 95.5 cm³/mol. The van der Waals surface area contributed by atoms with Crippen LogP contribution in [0.5, 0.6) is 0 Å². The van der Waals surface area contributed by atoms with E-state index in [1.807, 2.05) is 55.5 Å². The third-order valence-electron chi connectivity index (χ3n) is 4.53. The lowest BCUT2D eigenvalue weighted by atomic mass is 10.0. The summed E-state index contributed by atoms with van der Waals surface area (Å²) in [4.78, 5) is 18.6. The van der Waals surface area contributed by atoms with Gasteiger partial charge in [-0.3, -0.25) is 9.69 Å². The molecule has 0 aliphatic carbocycles. The summed E-state index contributed by atoms with van der Waals surface area (Å²) >= 11 is 0. The maximum Gasteiger partial charge on any atom is 0.239 e. The summed E-state index contributed by atoms with van der Waals surface area (Å²) in [5.74, 6) is 1.11. The van der Waals surface area contributed by atoms with Crippen LogP contribution in [0.3, 0.4) is 0 Å². The summed E-state index contributed by atoms with van der Waals surface area (Å²) in [7, 11) is 0. The number of amides is 1. The number of hydrogen-bond acceptors (Lipinski definition) is 4. The van der Waals surface area contributed by atoms with Crippen molar-refractivity contribution in [1.82, 2.24) is 9.88 Å². The Balaban J connectivity index is 1.60. The summed E-state index contributed by atoms with van der Waals surface area (Å²) in [5, 5.41) is 3.40. The third kappa shape index (κ3) is 3.92. The molecule has 0 unspecified atom stereocenters. The zero-order valence-corrected chi connectivity index (χ0v) is 14.0. The van der Waals surface area contributed by atoms with E-state index in [0.717, 1.165) is 43.1 Å². The molecule has 2 atom stereocenters. The molecule has 24 heavy (non-hydrogen) atoms. The molecule has 1 aromatic heterocycles. The fourth-order valence-electron chi connectivity index (χ4n) is 3.34. The summed E-state index contributed by atoms with van der Waals surface area (Å²) in [6.07, 6.45) is 1.05. The number of pyridine rings is 1. The van der Waals surface area contributed by atoms with Gasteiger partial charge in [-0.15, -0.1) is 0 Å². The number of rotatable bonds is 6. The van der Waals surface area contributed by atoms with Gasteiger partial charge in [0.25, 0.3) is 0 Å². The van der Waals surface area contributed by atoms with Crippen LogP contribution >= 0.6 is 0 Å². The smallest absolute Gasteiger partial charge is 0.239 e. The second kappa shape index (κ2) is 7.45. The van der Waals surface area contributed by atoms with E-state index in [0.29, 0.717) is 5.92 Å². The van der Waals surface area contributed by atoms with Crippen LogP contribution < -0.4 is 11.1 Å². The fourth-order valence-corrected chi connectivity index (χ4v) is 3.34. The summed E-state index contributed by atoms with van der Waals surface area (Å²) in [5.41, 5.74) is 7.65. The van der Waals surface area contributed by atoms with Gasteiger partial charge >= 0.3 is 0 Å². The normalized spacial score (nSPS) is 19.1. The molecule has 5 heteroatoms. The van der Waals surface area contributed by atoms with E-state index in [4.69, 9.17) is 5.73 Å². The number of hydrogen-bond donors (Lipinski definition) is 2. The first kappa shape index (κ1) is 16.5. The van der Waals surface area contributed by atoms with Crippen molar-refractivity contribution in [3.63, 3.8) is 0 Å². The lowest BCUT2D eigenvalue weighted by molar-refractivity contribution is -0.123. The van der Waals surface area contributed by atoms with Gasteiger partial charge in [0.05, 0.1) is 0 Å². The van der Waals surface area contributed by atoms with E-state index >= 15 is 0 Å². The molecule has 126 valence electrons. The van der Waals surface area contributed by atoms with Gasteiger partial charge in [0.15, 0.2) is 0 Å². The van der Waals surface area contributed by atoms with Gasteiger partial charge in [0.1, 0.15) is 11.9 Å². The van der Waals surface area contributed by atoms with Crippen LogP contribution in [0.4, 0.5) is 5.82 Å². The fraction of sp³-hybridized carbons (Fsp3) is 0.368. The van der Waals surface area contributed by atoms with E-state index in [1.54, 1.807) is 0 Å². The Morgan fingerprint density at radius 3 is 2.79 bits per heavy atom. The van der Waals surface area contributed by atoms with Gasteiger partial charge < -0.3 is 11.1 Å². The minimum Gasteiger partial charge on any atom is -0.370 e. The number of aromatic nitrogens is 1. The second-order valence-corrected chi connectivity index (χ2v) is 6.41. The Hall–Kier alpha value is -2.40. The van der Waals surface area contributed by atoms with Crippen molar-refractivity contribution in [2.75, 3.05) is 25.0 Å². The zero-order chi connectivity index (χ0) is 16.9. The number of carbonyl (C=O) groups excluding carboxylic acids is 1. The molecule has 2 aromatic rings. The molecule has 1 amide bonds. The van der Waals surface area contributed by atoms with Crippen LogP contribution in [-0.4, -0.2) is 35.4 Å². The Morgan fingerprint density at radius 1 is 1.29 bits per heavy atom. The number of likely N-dealkylation sites (tertiary alicyclic amines) is 1. The van der Waals surface area contributed by atoms with Crippen LogP contribution in [0.25, 0.3) is 0 Å². The van der Waals surface area contributed by atoms with Crippen molar-refractivity contribution in [3.05, 3.63) is 59.8 Å². The number of benzene rings is 1. The number of anilines is 1. The molecule has 1 saturated heterocycles. The molecule has 2 heterocycles. The zero-order valence-electron chi connectivity index (χ0n) is 14.0. The van der Waals surface area contributed by atoms with E-state index < -0.39 is 0 Å². The quantitative estimate of drug-likeness (QED) is 0.855. The van der Waals surface area contributed by atoms with Crippen LogP contribution in [0, 0.1) is 12.8 Å². The van der Waals surface area contributed by atoms with Crippen LogP contribution in [0.2, 0.25) is 0 Å². The van der Waals surface area contributed by atoms with Crippen molar-refractivity contribution in [3.8, 4) is 0 Å². The summed E-state index contributed by atoms with van der Waals surface area (Å²) in [6, 6.07) is 15.4. The van der Waals surface area contributed by atoms with Crippen molar-refractivity contribution in [2.24, 2.45) is 11.7 Å². The highest BCUT2D eigenvalue weighted by molar-refractivity contribution is 5.81. The maximum atomic E-state index is 12.0. The molecule has 1 aliphatic rings. The molecule has 3 rings (SSSR count). The number of nitrogens with one attached hydrogen (secondary N) is 1. The van der Waals surface area contributed by atoms with E-state index in [1.165, 1.54) is 0 Å². The minimum atomic E-state index is -0.340. The lowest BCUT2D eigenvalue weighted by Crippen LogP contribution is -2.36. The van der Waals surface area contributed by atoms with Gasteiger partial charge in [-0.1, -0.05) is 36.4 Å². The molecule has 0 radical (unpaired) electrons. The predicted octanol–water partition coefficient (Wildman–Crippen LogP) is 2.35. The van der Waals surface area contributed by atoms with Crippen molar-refractivity contribution < 1.29 is 4.79 Å². The maximum absolute atomic E-state index is 12.0. The largest absolute Gasteiger partial charge is 0.370 e. The number of nitrogens with two attached hydrogens (primary N) is 1. The molecular formula is C19H24N4O. The van der Waals surface area contributed by atoms with Crippen molar-refractivity contribution in [1.29, 1.82) is 0 Å². The highest BCUT2D eigenvalue weighted by Crippen LogP contribution is 2.27. The van der Waals surface area contributed by atoms with E-state index in [2.05, 4.69) is 15.2 Å². The van der Waals surface area contributed by atoms with Gasteiger partial charge in [-0.25, -0.2) is 4.98 Å². The third-order valence-corrected chi connectivity index (χ3v) is 4.53. The standard InChI is InChI=1S/C19H24N4O/c1-14-6-5-9-17(22-14)21-12-15-10-11-23(13-15)18(19(20)24)16-7-3-2-4-8-16/h2-9,15,18H,10-13H2,1H3,(H2,20,24)(H,21,22)/t15-,18+/m1/s1. The molecule has 0 saturated carbocycles. The summed E-state index contributed by atoms with van der Waals surface area (Å²) < 4.78 is 0. The first-order valence-corrected chi connectivity index (χ1v) is 8.39. The molecule has 0 bridgehead atoms. The van der Waals surface area contributed by atoms with Crippen LogP contribution in [0.15, 0.2) is 48.5 Å². The van der Waals surface area contributed by atoms with Gasteiger partial charge in [0.2, 0.25) is 5.91 Å². The van der Waals surface area contributed by atoms with E-state index in [-0.39, 0.29) is 11.9 Å². The first-order chi connectivity index (χ1) is 11.6. The molecule has 1 aromatic carbocycles. The minimum absolute atomic E-state index is 0.282. The summed E-state index contributed by atoms with van der Waals surface area (Å²) in [6.45, 7) is 4.59. The molecule has 5 nitrogen and oxygen atoms in total. The number of nitrogens with zero attached hydrogens (tertiary/aromatic N) is 2. The van der Waals surface area contributed by atoms with Gasteiger partial charge in [0, 0.05) is 18.8 Å². The molecule has 3 N–H and O–H groups in total. The first-order valence-electron chi connectivity index (χ1n) is 8.39. The van der Waals surface area contributed by atoms with Crippen molar-refractivity contribution >= 4 is 11.7 Å². The van der Waals surface area contributed by atoms with Crippen LogP contribution in [0.1, 0.15) is 23.7 Å².